The summed E-state index contributed by atoms with van der Waals surface area (Å²) in [4.78, 5) is 0. The van der Waals surface area contributed by atoms with Gasteiger partial charge in [0, 0.05) is 12.3 Å². The molecule has 0 saturated carbocycles. The van der Waals surface area contributed by atoms with Crippen LogP contribution in [0.5, 0.6) is 0 Å². The number of anilines is 1. The van der Waals surface area contributed by atoms with E-state index in [4.69, 9.17) is 28.0 Å². The average Bonchev–Trinajstić information content (AvgIpc) is 2.85. The lowest BCUT2D eigenvalue weighted by molar-refractivity contribution is 0.627. The molecule has 2 aromatic rings. The Balaban J connectivity index is 2.41. The van der Waals surface area contributed by atoms with Crippen LogP contribution in [0.1, 0.15) is 0 Å². The maximum Gasteiger partial charge on any atom is 0.201 e. The lowest BCUT2D eigenvalue weighted by Crippen LogP contribution is -2.22. The van der Waals surface area contributed by atoms with Gasteiger partial charge in [0.2, 0.25) is 5.71 Å². The molecule has 106 valence electrons. The van der Waals surface area contributed by atoms with Gasteiger partial charge in [-0.25, -0.2) is 9.07 Å². The highest BCUT2D eigenvalue weighted by atomic mass is 35.5. The van der Waals surface area contributed by atoms with Gasteiger partial charge >= 0.3 is 0 Å². The summed E-state index contributed by atoms with van der Waals surface area (Å²) in [6.07, 6.45) is 2.95. The standard InChI is InChI=1S/C12H9ClFN7/c13-7-5-18-21(6-7)11-2-1-8(14)3-9(11)19-20-10(4-15)12(16)17/h1-3,5-6,19H,(H3,16,17)/b20-10+. The van der Waals surface area contributed by atoms with Gasteiger partial charge in [-0.3, -0.25) is 10.8 Å². The number of aromatic nitrogens is 2. The maximum absolute atomic E-state index is 13.4. The smallest absolute Gasteiger partial charge is 0.201 e. The molecule has 0 aliphatic carbocycles. The van der Waals surface area contributed by atoms with E-state index in [1.54, 1.807) is 6.07 Å². The van der Waals surface area contributed by atoms with E-state index in [0.717, 1.165) is 0 Å². The normalized spacial score (nSPS) is 11.0. The second-order valence-electron chi connectivity index (χ2n) is 3.86. The number of hydrogen-bond donors (Lipinski definition) is 3. The number of rotatable bonds is 4. The molecule has 0 spiro atoms. The number of benzene rings is 1. The quantitative estimate of drug-likeness (QED) is 0.454. The molecule has 21 heavy (non-hydrogen) atoms. The molecular weight excluding hydrogens is 297 g/mol. The Bertz CT molecular complexity index is 759. The third-order valence-corrected chi connectivity index (χ3v) is 2.60. The molecule has 1 heterocycles. The topological polar surface area (TPSA) is 116 Å². The average molecular weight is 306 g/mol. The minimum atomic E-state index is -0.504. The van der Waals surface area contributed by atoms with Gasteiger partial charge in [-0.15, -0.1) is 0 Å². The number of hydrazone groups is 1. The van der Waals surface area contributed by atoms with Crippen molar-refractivity contribution in [3.63, 3.8) is 0 Å². The Morgan fingerprint density at radius 1 is 1.57 bits per heavy atom. The van der Waals surface area contributed by atoms with E-state index in [1.807, 2.05) is 0 Å². The number of nitrogens with zero attached hydrogens (tertiary/aromatic N) is 4. The number of hydrogen-bond acceptors (Lipinski definition) is 5. The molecule has 4 N–H and O–H groups in total. The molecule has 0 unspecified atom stereocenters. The van der Waals surface area contributed by atoms with Crippen LogP contribution in [0.4, 0.5) is 10.1 Å². The maximum atomic E-state index is 13.4. The first-order chi connectivity index (χ1) is 10.0. The molecule has 0 bridgehead atoms. The number of nitrogens with one attached hydrogen (secondary N) is 2. The molecule has 9 heteroatoms. The first kappa shape index (κ1) is 14.5. The van der Waals surface area contributed by atoms with Crippen molar-refractivity contribution < 1.29 is 4.39 Å². The van der Waals surface area contributed by atoms with E-state index < -0.39 is 11.7 Å². The molecule has 1 aromatic carbocycles. The molecule has 0 saturated heterocycles. The number of nitrogens with two attached hydrogens (primary N) is 1. The van der Waals surface area contributed by atoms with Gasteiger partial charge in [0.25, 0.3) is 0 Å². The highest BCUT2D eigenvalue weighted by molar-refractivity contribution is 6.45. The minimum Gasteiger partial charge on any atom is -0.382 e. The Kier molecular flexibility index (Phi) is 4.15. The Morgan fingerprint density at radius 3 is 2.90 bits per heavy atom. The van der Waals surface area contributed by atoms with Crippen molar-refractivity contribution in [1.82, 2.24) is 9.78 Å². The van der Waals surface area contributed by atoms with E-state index in [-0.39, 0.29) is 11.4 Å². The largest absolute Gasteiger partial charge is 0.382 e. The van der Waals surface area contributed by atoms with E-state index in [0.29, 0.717) is 10.7 Å². The van der Waals surface area contributed by atoms with E-state index in [2.05, 4.69) is 15.6 Å². The van der Waals surface area contributed by atoms with Gasteiger partial charge in [0.1, 0.15) is 11.9 Å². The van der Waals surface area contributed by atoms with Crippen molar-refractivity contribution in [1.29, 1.82) is 10.7 Å². The zero-order valence-electron chi connectivity index (χ0n) is 10.5. The third-order valence-electron chi connectivity index (χ3n) is 2.41. The monoisotopic (exact) mass is 305 g/mol. The van der Waals surface area contributed by atoms with E-state index >= 15 is 0 Å². The summed E-state index contributed by atoms with van der Waals surface area (Å²) >= 11 is 5.79. The minimum absolute atomic E-state index is 0.240. The van der Waals surface area contributed by atoms with Gasteiger partial charge in [0.15, 0.2) is 5.84 Å². The van der Waals surface area contributed by atoms with Gasteiger partial charge in [-0.1, -0.05) is 11.6 Å². The number of amidine groups is 1. The molecule has 0 amide bonds. The van der Waals surface area contributed by atoms with E-state index in [9.17, 15) is 4.39 Å². The van der Waals surface area contributed by atoms with Crippen LogP contribution >= 0.6 is 11.6 Å². The number of halogens is 2. The molecule has 7 nitrogen and oxygen atoms in total. The summed E-state index contributed by atoms with van der Waals surface area (Å²) in [6, 6.07) is 5.54. The zero-order chi connectivity index (χ0) is 15.4. The van der Waals surface area contributed by atoms with Crippen molar-refractivity contribution in [3.8, 4) is 11.8 Å². The lowest BCUT2D eigenvalue weighted by Gasteiger charge is -2.09. The zero-order valence-corrected chi connectivity index (χ0v) is 11.3. The molecular formula is C12H9ClFN7. The summed E-state index contributed by atoms with van der Waals surface area (Å²) < 4.78 is 14.8. The van der Waals surface area contributed by atoms with E-state index in [1.165, 1.54) is 35.3 Å². The summed E-state index contributed by atoms with van der Waals surface area (Å²) in [7, 11) is 0. The van der Waals surface area contributed by atoms with Crippen LogP contribution in [0.2, 0.25) is 5.02 Å². The molecule has 0 atom stereocenters. The molecule has 1 aromatic heterocycles. The van der Waals surface area contributed by atoms with Crippen LogP contribution in [-0.2, 0) is 0 Å². The Hall–Kier alpha value is -2.92. The predicted molar refractivity (Wildman–Crippen MR) is 77.1 cm³/mol. The Labute approximate surface area is 123 Å². The van der Waals surface area contributed by atoms with Crippen LogP contribution < -0.4 is 11.2 Å². The van der Waals surface area contributed by atoms with Crippen LogP contribution in [0, 0.1) is 22.6 Å². The van der Waals surface area contributed by atoms with Crippen molar-refractivity contribution in [3.05, 3.63) is 41.4 Å². The summed E-state index contributed by atoms with van der Waals surface area (Å²) in [5.74, 6) is -0.999. The predicted octanol–water partition coefficient (Wildman–Crippen LogP) is 1.89. The van der Waals surface area contributed by atoms with Gasteiger partial charge in [0.05, 0.1) is 22.6 Å². The summed E-state index contributed by atoms with van der Waals surface area (Å²) in [5.41, 5.74) is 8.06. The van der Waals surface area contributed by atoms with Crippen LogP contribution in [0.25, 0.3) is 5.69 Å². The van der Waals surface area contributed by atoms with Crippen molar-refractivity contribution >= 4 is 28.8 Å². The summed E-state index contributed by atoms with van der Waals surface area (Å²) in [6.45, 7) is 0. The van der Waals surface area contributed by atoms with Gasteiger partial charge in [-0.05, 0) is 12.1 Å². The van der Waals surface area contributed by atoms with Gasteiger partial charge < -0.3 is 5.73 Å². The molecule has 2 rings (SSSR count). The SMILES string of the molecule is N#C/C(=N\Nc1cc(F)ccc1-n1cc(Cl)cn1)C(=N)N. The highest BCUT2D eigenvalue weighted by Gasteiger charge is 2.09. The molecule has 0 fully saturated rings. The van der Waals surface area contributed by atoms with Crippen LogP contribution in [-0.4, -0.2) is 21.3 Å². The van der Waals surface area contributed by atoms with Crippen molar-refractivity contribution in [2.75, 3.05) is 5.43 Å². The fourth-order valence-electron chi connectivity index (χ4n) is 1.49. The first-order valence-corrected chi connectivity index (χ1v) is 5.97. The second-order valence-corrected chi connectivity index (χ2v) is 4.30. The second kappa shape index (κ2) is 6.02. The highest BCUT2D eigenvalue weighted by Crippen LogP contribution is 2.22. The Morgan fingerprint density at radius 2 is 2.33 bits per heavy atom. The third kappa shape index (κ3) is 3.34. The number of nitriles is 1. The molecule has 0 radical (unpaired) electrons. The first-order valence-electron chi connectivity index (χ1n) is 5.59. The lowest BCUT2D eigenvalue weighted by atomic mass is 10.2. The van der Waals surface area contributed by atoms with Crippen LogP contribution in [0.3, 0.4) is 0 Å². The van der Waals surface area contributed by atoms with Crippen molar-refractivity contribution in [2.45, 2.75) is 0 Å². The fourth-order valence-corrected chi connectivity index (χ4v) is 1.63. The van der Waals surface area contributed by atoms with Crippen LogP contribution in [0.15, 0.2) is 35.7 Å². The fraction of sp³-hybridized carbons (Fsp3) is 0. The van der Waals surface area contributed by atoms with Crippen molar-refractivity contribution in [2.24, 2.45) is 10.8 Å². The molecule has 0 aliphatic rings. The molecule has 0 aliphatic heterocycles. The summed E-state index contributed by atoms with van der Waals surface area (Å²) in [5, 5.41) is 24.0. The van der Waals surface area contributed by atoms with Gasteiger partial charge in [-0.2, -0.15) is 15.5 Å².